The zero-order valence-corrected chi connectivity index (χ0v) is 37.8. The van der Waals surface area contributed by atoms with E-state index in [-0.39, 0.29) is 22.9 Å². The molecule has 59 heavy (non-hydrogen) atoms. The first-order valence-electron chi connectivity index (χ1n) is 21.5. The minimum atomic E-state index is -0.831. The van der Waals surface area contributed by atoms with Gasteiger partial charge >= 0.3 is 5.97 Å². The standard InChI is InChI=1S/C29H38O4.C24H32O2/c1-7-29(8-2,23-10-9-22(20(3)17-23)15-16-28(5,6)31)24-11-13-26(21(4)18-24)32-19-25-12-14-27(30)33-25;1-7-24(8-2,21-11-12-22(25)18(4)16-21)20-10-9-19(17(3)15-20)13-14-23(5,6)26/h9-11,13,15-18,25,31H,7-8,12,14,19H2,1-6H3;9-16,25-26H,7-8H2,1-6H3/b16-15+;14-13+/t25-;/m0./s1. The van der Waals surface area contributed by atoms with E-state index in [9.17, 15) is 20.1 Å². The van der Waals surface area contributed by atoms with E-state index < -0.39 is 11.2 Å². The van der Waals surface area contributed by atoms with Crippen molar-refractivity contribution in [3.8, 4) is 11.5 Å². The van der Waals surface area contributed by atoms with Crippen LogP contribution in [-0.2, 0) is 20.4 Å². The van der Waals surface area contributed by atoms with Crippen LogP contribution in [0, 0.1) is 27.7 Å². The van der Waals surface area contributed by atoms with E-state index >= 15 is 0 Å². The zero-order chi connectivity index (χ0) is 43.8. The second kappa shape index (κ2) is 19.6. The van der Waals surface area contributed by atoms with Crippen LogP contribution < -0.4 is 4.74 Å². The van der Waals surface area contributed by atoms with Crippen molar-refractivity contribution in [1.29, 1.82) is 0 Å². The summed E-state index contributed by atoms with van der Waals surface area (Å²) in [7, 11) is 0. The summed E-state index contributed by atoms with van der Waals surface area (Å²) in [5, 5.41) is 29.8. The number of benzene rings is 4. The van der Waals surface area contributed by atoms with Crippen LogP contribution >= 0.6 is 0 Å². The number of aryl methyl sites for hydroxylation is 4. The molecule has 1 aliphatic heterocycles. The highest BCUT2D eigenvalue weighted by molar-refractivity contribution is 5.71. The number of cyclic esters (lactones) is 1. The number of hydrogen-bond acceptors (Lipinski definition) is 6. The lowest BCUT2D eigenvalue weighted by Gasteiger charge is -2.34. The maximum atomic E-state index is 11.3. The number of esters is 1. The molecule has 1 heterocycles. The fourth-order valence-electron chi connectivity index (χ4n) is 8.32. The van der Waals surface area contributed by atoms with Gasteiger partial charge in [-0.2, -0.15) is 0 Å². The molecule has 0 spiro atoms. The first kappa shape index (κ1) is 47.0. The predicted molar refractivity (Wildman–Crippen MR) is 244 cm³/mol. The summed E-state index contributed by atoms with van der Waals surface area (Å²) >= 11 is 0. The number of carbonyl (C=O) groups excluding carboxylic acids is 1. The summed E-state index contributed by atoms with van der Waals surface area (Å²) in [6.45, 7) is 24.7. The van der Waals surface area contributed by atoms with Crippen molar-refractivity contribution in [3.05, 3.63) is 141 Å². The minimum Gasteiger partial charge on any atom is -0.508 e. The molecule has 6 nitrogen and oxygen atoms in total. The fourth-order valence-corrected chi connectivity index (χ4v) is 8.32. The van der Waals surface area contributed by atoms with Crippen LogP contribution in [0.1, 0.15) is 150 Å². The molecule has 3 N–H and O–H groups in total. The van der Waals surface area contributed by atoms with Gasteiger partial charge in [0, 0.05) is 17.3 Å². The minimum absolute atomic E-state index is 0.0677. The monoisotopic (exact) mass is 803 g/mol. The molecule has 0 unspecified atom stereocenters. The van der Waals surface area contributed by atoms with Crippen LogP contribution in [0.5, 0.6) is 11.5 Å². The zero-order valence-electron chi connectivity index (χ0n) is 37.8. The van der Waals surface area contributed by atoms with Crippen molar-refractivity contribution >= 4 is 18.1 Å². The van der Waals surface area contributed by atoms with Gasteiger partial charge in [-0.15, -0.1) is 0 Å². The maximum Gasteiger partial charge on any atom is 0.306 e. The molecule has 0 aromatic heterocycles. The van der Waals surface area contributed by atoms with Gasteiger partial charge in [0.1, 0.15) is 24.2 Å². The highest BCUT2D eigenvalue weighted by Crippen LogP contribution is 2.42. The quantitative estimate of drug-likeness (QED) is 0.104. The Balaban J connectivity index is 0.000000268. The van der Waals surface area contributed by atoms with Gasteiger partial charge in [-0.3, -0.25) is 4.79 Å². The lowest BCUT2D eigenvalue weighted by Crippen LogP contribution is -2.26. The van der Waals surface area contributed by atoms with E-state index in [0.29, 0.717) is 18.8 Å². The molecule has 5 rings (SSSR count). The number of aromatic hydroxyl groups is 1. The summed E-state index contributed by atoms with van der Waals surface area (Å²) in [5.41, 5.74) is 9.96. The molecule has 1 atom stereocenters. The molecule has 4 aromatic carbocycles. The van der Waals surface area contributed by atoms with Gasteiger partial charge in [0.15, 0.2) is 0 Å². The Morgan fingerprint density at radius 1 is 0.627 bits per heavy atom. The predicted octanol–water partition coefficient (Wildman–Crippen LogP) is 12.2. The number of hydrogen-bond donors (Lipinski definition) is 3. The van der Waals surface area contributed by atoms with Gasteiger partial charge in [-0.25, -0.2) is 0 Å². The second-order valence-electron chi connectivity index (χ2n) is 17.6. The number of carbonyl (C=O) groups is 1. The Hall–Kier alpha value is -4.65. The molecule has 0 saturated carbocycles. The highest BCUT2D eigenvalue weighted by Gasteiger charge is 2.33. The number of phenolic OH excluding ortho intramolecular Hbond substituents is 1. The van der Waals surface area contributed by atoms with Crippen LogP contribution in [0.4, 0.5) is 0 Å². The van der Waals surface area contributed by atoms with E-state index in [1.165, 1.54) is 33.4 Å². The molecule has 1 saturated heterocycles. The van der Waals surface area contributed by atoms with Gasteiger partial charge in [-0.1, -0.05) is 113 Å². The fraction of sp³-hybridized carbons (Fsp3) is 0.453. The molecule has 0 radical (unpaired) electrons. The third-order valence-electron chi connectivity index (χ3n) is 12.3. The van der Waals surface area contributed by atoms with E-state index in [1.54, 1.807) is 33.8 Å². The third kappa shape index (κ3) is 11.8. The lowest BCUT2D eigenvalue weighted by atomic mass is 9.70. The number of ether oxygens (including phenoxy) is 2. The van der Waals surface area contributed by atoms with E-state index in [0.717, 1.165) is 60.1 Å². The topological polar surface area (TPSA) is 96.2 Å². The van der Waals surface area contributed by atoms with Crippen LogP contribution in [0.25, 0.3) is 12.2 Å². The van der Waals surface area contributed by atoms with E-state index in [1.807, 2.05) is 37.3 Å². The normalized spacial score (nSPS) is 15.1. The third-order valence-corrected chi connectivity index (χ3v) is 12.3. The van der Waals surface area contributed by atoms with E-state index in [2.05, 4.69) is 109 Å². The summed E-state index contributed by atoms with van der Waals surface area (Å²) in [6, 6.07) is 25.7. The molecule has 318 valence electrons. The molecule has 0 amide bonds. The van der Waals surface area contributed by atoms with Crippen LogP contribution in [0.2, 0.25) is 0 Å². The van der Waals surface area contributed by atoms with Gasteiger partial charge in [-0.05, 0) is 155 Å². The largest absolute Gasteiger partial charge is 0.508 e. The van der Waals surface area contributed by atoms with Gasteiger partial charge in [0.05, 0.1) is 11.2 Å². The number of phenols is 1. The first-order valence-corrected chi connectivity index (χ1v) is 21.5. The second-order valence-corrected chi connectivity index (χ2v) is 17.6. The summed E-state index contributed by atoms with van der Waals surface area (Å²) in [5.74, 6) is 1.05. The van der Waals surface area contributed by atoms with Crippen LogP contribution in [-0.4, -0.2) is 45.2 Å². The molecular formula is C53H70O6. The number of rotatable bonds is 15. The Labute approximate surface area is 355 Å². The molecule has 1 aliphatic rings. The average Bonchev–Trinajstić information content (AvgIpc) is 3.60. The van der Waals surface area contributed by atoms with Crippen LogP contribution in [0.15, 0.2) is 84.9 Å². The van der Waals surface area contributed by atoms with Crippen molar-refractivity contribution in [1.82, 2.24) is 0 Å². The van der Waals surface area contributed by atoms with Crippen LogP contribution in [0.3, 0.4) is 0 Å². The lowest BCUT2D eigenvalue weighted by molar-refractivity contribution is -0.142. The summed E-state index contributed by atoms with van der Waals surface area (Å²) in [4.78, 5) is 11.3. The van der Waals surface area contributed by atoms with Gasteiger partial charge < -0.3 is 24.8 Å². The van der Waals surface area contributed by atoms with Crippen molar-refractivity contribution in [2.45, 2.75) is 150 Å². The summed E-state index contributed by atoms with van der Waals surface area (Å²) in [6.07, 6.45) is 12.7. The Morgan fingerprint density at radius 2 is 1.03 bits per heavy atom. The Bertz CT molecular complexity index is 2100. The van der Waals surface area contributed by atoms with Crippen molar-refractivity contribution in [2.75, 3.05) is 6.61 Å². The smallest absolute Gasteiger partial charge is 0.306 e. The van der Waals surface area contributed by atoms with Crippen molar-refractivity contribution in [2.24, 2.45) is 0 Å². The Morgan fingerprint density at radius 3 is 1.39 bits per heavy atom. The van der Waals surface area contributed by atoms with E-state index in [4.69, 9.17) is 9.47 Å². The molecule has 0 bridgehead atoms. The Kier molecular flexibility index (Phi) is 15.6. The van der Waals surface area contributed by atoms with Crippen molar-refractivity contribution in [3.63, 3.8) is 0 Å². The van der Waals surface area contributed by atoms with Crippen molar-refractivity contribution < 1.29 is 29.6 Å². The SMILES string of the molecule is CCC(CC)(c1ccc(/C=C/C(C)(C)O)c(C)c1)c1ccc(OC[C@@H]2CCC(=O)O2)c(C)c1.CCC(CC)(c1ccc(O)c(C)c1)c1ccc(/C=C/C(C)(C)O)c(C)c1. The molecule has 0 aliphatic carbocycles. The molecule has 4 aromatic rings. The maximum absolute atomic E-state index is 11.3. The average molecular weight is 803 g/mol. The number of aliphatic hydroxyl groups is 2. The van der Waals surface area contributed by atoms with Gasteiger partial charge in [0.25, 0.3) is 0 Å². The summed E-state index contributed by atoms with van der Waals surface area (Å²) < 4.78 is 11.3. The molecule has 1 fully saturated rings. The highest BCUT2D eigenvalue weighted by atomic mass is 16.6. The molecular weight excluding hydrogens is 733 g/mol. The van der Waals surface area contributed by atoms with Gasteiger partial charge in [0.2, 0.25) is 0 Å². The first-order chi connectivity index (χ1) is 27.7. The molecule has 6 heteroatoms.